The maximum Gasteiger partial charge on any atom is 0.326 e. The molecule has 1 heterocycles. The lowest BCUT2D eigenvalue weighted by Crippen LogP contribution is -2.45. The molecule has 0 fully saturated rings. The molecule has 1 aromatic rings. The molecule has 7 nitrogen and oxygen atoms in total. The van der Waals surface area contributed by atoms with Gasteiger partial charge in [0.2, 0.25) is 5.91 Å². The molecule has 1 rings (SSSR count). The fourth-order valence-electron chi connectivity index (χ4n) is 1.45. The lowest BCUT2D eigenvalue weighted by Gasteiger charge is -2.13. The van der Waals surface area contributed by atoms with E-state index in [1.165, 1.54) is 12.3 Å². The van der Waals surface area contributed by atoms with Gasteiger partial charge in [-0.05, 0) is 18.6 Å². The van der Waals surface area contributed by atoms with Gasteiger partial charge in [0.25, 0.3) is 5.91 Å². The van der Waals surface area contributed by atoms with Crippen LogP contribution in [0.15, 0.2) is 22.8 Å². The molecule has 0 aromatic carbocycles. The molecule has 7 heteroatoms. The molecule has 0 saturated carbocycles. The highest BCUT2D eigenvalue weighted by molar-refractivity contribution is 5.94. The number of amides is 2. The van der Waals surface area contributed by atoms with E-state index >= 15 is 0 Å². The number of furan rings is 1. The Bertz CT molecular complexity index is 441. The highest BCUT2D eigenvalue weighted by atomic mass is 16.4. The van der Waals surface area contributed by atoms with Gasteiger partial charge < -0.3 is 20.2 Å². The second kappa shape index (κ2) is 7.20. The molecule has 0 radical (unpaired) electrons. The molecular weight excluding hydrogens is 252 g/mol. The SMILES string of the molecule is CCC[C@H](NC(=O)CNC(=O)c1ccco1)C(=O)O. The molecule has 0 aliphatic carbocycles. The van der Waals surface area contributed by atoms with E-state index in [0.29, 0.717) is 12.8 Å². The summed E-state index contributed by atoms with van der Waals surface area (Å²) in [4.78, 5) is 33.8. The maximum atomic E-state index is 11.5. The first kappa shape index (κ1) is 14.7. The second-order valence-corrected chi connectivity index (χ2v) is 3.91. The number of rotatable bonds is 7. The van der Waals surface area contributed by atoms with Gasteiger partial charge in [0, 0.05) is 0 Å². The van der Waals surface area contributed by atoms with Crippen LogP contribution in [0.25, 0.3) is 0 Å². The van der Waals surface area contributed by atoms with Crippen LogP contribution in [0.2, 0.25) is 0 Å². The van der Waals surface area contributed by atoms with Crippen LogP contribution in [0.3, 0.4) is 0 Å². The highest BCUT2D eigenvalue weighted by Gasteiger charge is 2.19. The smallest absolute Gasteiger partial charge is 0.326 e. The minimum atomic E-state index is -1.09. The van der Waals surface area contributed by atoms with Crippen LogP contribution in [0, 0.1) is 0 Å². The molecule has 1 atom stereocenters. The third kappa shape index (κ3) is 4.82. The molecule has 0 aliphatic rings. The molecule has 0 spiro atoms. The predicted octanol–water partition coefficient (Wildman–Crippen LogP) is 0.379. The summed E-state index contributed by atoms with van der Waals surface area (Å²) in [5, 5.41) is 13.5. The first-order valence-corrected chi connectivity index (χ1v) is 5.88. The van der Waals surface area contributed by atoms with E-state index in [0.717, 1.165) is 0 Å². The average Bonchev–Trinajstić information content (AvgIpc) is 2.89. The highest BCUT2D eigenvalue weighted by Crippen LogP contribution is 1.99. The number of carboxylic acid groups (broad SMARTS) is 1. The van der Waals surface area contributed by atoms with Crippen molar-refractivity contribution in [2.24, 2.45) is 0 Å². The Morgan fingerprint density at radius 3 is 2.68 bits per heavy atom. The summed E-state index contributed by atoms with van der Waals surface area (Å²) in [5.41, 5.74) is 0. The van der Waals surface area contributed by atoms with Crippen molar-refractivity contribution in [1.29, 1.82) is 0 Å². The van der Waals surface area contributed by atoms with Crippen molar-refractivity contribution in [3.8, 4) is 0 Å². The molecule has 3 N–H and O–H groups in total. The zero-order valence-electron chi connectivity index (χ0n) is 10.5. The van der Waals surface area contributed by atoms with Gasteiger partial charge in [0.05, 0.1) is 12.8 Å². The van der Waals surface area contributed by atoms with Crippen molar-refractivity contribution >= 4 is 17.8 Å². The number of aliphatic carboxylic acids is 1. The summed E-state index contributed by atoms with van der Waals surface area (Å²) >= 11 is 0. The van der Waals surface area contributed by atoms with Crippen molar-refractivity contribution in [2.45, 2.75) is 25.8 Å². The fraction of sp³-hybridized carbons (Fsp3) is 0.417. The summed E-state index contributed by atoms with van der Waals surface area (Å²) in [5.74, 6) is -2.08. The van der Waals surface area contributed by atoms with Crippen LogP contribution in [-0.4, -0.2) is 35.5 Å². The zero-order valence-corrected chi connectivity index (χ0v) is 10.5. The number of hydrogen-bond donors (Lipinski definition) is 3. The van der Waals surface area contributed by atoms with Gasteiger partial charge in [-0.15, -0.1) is 0 Å². The number of carboxylic acids is 1. The molecule has 1 aromatic heterocycles. The summed E-state index contributed by atoms with van der Waals surface area (Å²) in [6.07, 6.45) is 2.32. The summed E-state index contributed by atoms with van der Waals surface area (Å²) in [6, 6.07) is 2.08. The van der Waals surface area contributed by atoms with Gasteiger partial charge in [-0.25, -0.2) is 4.79 Å². The van der Waals surface area contributed by atoms with Crippen LogP contribution in [-0.2, 0) is 9.59 Å². The fourth-order valence-corrected chi connectivity index (χ4v) is 1.45. The zero-order chi connectivity index (χ0) is 14.3. The second-order valence-electron chi connectivity index (χ2n) is 3.91. The Morgan fingerprint density at radius 2 is 2.16 bits per heavy atom. The number of hydrogen-bond acceptors (Lipinski definition) is 4. The molecule has 0 bridgehead atoms. The van der Waals surface area contributed by atoms with Gasteiger partial charge in [0.15, 0.2) is 5.76 Å². The van der Waals surface area contributed by atoms with E-state index in [1.807, 2.05) is 6.92 Å². The largest absolute Gasteiger partial charge is 0.480 e. The van der Waals surface area contributed by atoms with E-state index in [2.05, 4.69) is 10.6 Å². The molecule has 0 unspecified atom stereocenters. The van der Waals surface area contributed by atoms with Crippen LogP contribution >= 0.6 is 0 Å². The monoisotopic (exact) mass is 268 g/mol. The van der Waals surface area contributed by atoms with E-state index < -0.39 is 23.8 Å². The Hall–Kier alpha value is -2.31. The normalized spacial score (nSPS) is 11.6. The van der Waals surface area contributed by atoms with Gasteiger partial charge in [-0.3, -0.25) is 9.59 Å². The van der Waals surface area contributed by atoms with Gasteiger partial charge in [-0.2, -0.15) is 0 Å². The van der Waals surface area contributed by atoms with Crippen molar-refractivity contribution in [3.63, 3.8) is 0 Å². The number of nitrogens with one attached hydrogen (secondary N) is 2. The third-order valence-electron chi connectivity index (χ3n) is 2.37. The van der Waals surface area contributed by atoms with Crippen molar-refractivity contribution < 1.29 is 23.9 Å². The lowest BCUT2D eigenvalue weighted by atomic mass is 10.1. The number of carbonyl (C=O) groups excluding carboxylic acids is 2. The van der Waals surface area contributed by atoms with Gasteiger partial charge >= 0.3 is 5.97 Å². The van der Waals surface area contributed by atoms with Gasteiger partial charge in [-0.1, -0.05) is 13.3 Å². The summed E-state index contributed by atoms with van der Waals surface area (Å²) in [6.45, 7) is 1.52. The Labute approximate surface area is 110 Å². The summed E-state index contributed by atoms with van der Waals surface area (Å²) < 4.78 is 4.85. The van der Waals surface area contributed by atoms with E-state index in [9.17, 15) is 14.4 Å². The molecule has 0 saturated heterocycles. The van der Waals surface area contributed by atoms with E-state index in [4.69, 9.17) is 9.52 Å². The molecule has 104 valence electrons. The van der Waals surface area contributed by atoms with Crippen LogP contribution in [0.4, 0.5) is 0 Å². The quantitative estimate of drug-likeness (QED) is 0.662. The van der Waals surface area contributed by atoms with Crippen molar-refractivity contribution in [1.82, 2.24) is 10.6 Å². The minimum Gasteiger partial charge on any atom is -0.480 e. The van der Waals surface area contributed by atoms with Crippen molar-refractivity contribution in [2.75, 3.05) is 6.54 Å². The standard InChI is InChI=1S/C12H16N2O5/c1-2-4-8(12(17)18)14-10(15)7-13-11(16)9-5-3-6-19-9/h3,5-6,8H,2,4,7H2,1H3,(H,13,16)(H,14,15)(H,17,18)/t8-/m0/s1. The first-order chi connectivity index (χ1) is 9.04. The molecular formula is C12H16N2O5. The van der Waals surface area contributed by atoms with Crippen LogP contribution in [0.5, 0.6) is 0 Å². The Morgan fingerprint density at radius 1 is 1.42 bits per heavy atom. The van der Waals surface area contributed by atoms with Crippen molar-refractivity contribution in [3.05, 3.63) is 24.2 Å². The number of carbonyl (C=O) groups is 3. The maximum absolute atomic E-state index is 11.5. The topological polar surface area (TPSA) is 109 Å². The Kier molecular flexibility index (Phi) is 5.59. The lowest BCUT2D eigenvalue weighted by molar-refractivity contribution is -0.141. The minimum absolute atomic E-state index is 0.0937. The first-order valence-electron chi connectivity index (χ1n) is 5.88. The van der Waals surface area contributed by atoms with Gasteiger partial charge in [0.1, 0.15) is 6.04 Å². The average molecular weight is 268 g/mol. The Balaban J connectivity index is 2.38. The van der Waals surface area contributed by atoms with Crippen LogP contribution in [0.1, 0.15) is 30.3 Å². The van der Waals surface area contributed by atoms with E-state index in [-0.39, 0.29) is 12.3 Å². The molecule has 19 heavy (non-hydrogen) atoms. The predicted molar refractivity (Wildman–Crippen MR) is 65.5 cm³/mol. The molecule has 2 amide bonds. The molecule has 0 aliphatic heterocycles. The third-order valence-corrected chi connectivity index (χ3v) is 2.37. The summed E-state index contributed by atoms with van der Waals surface area (Å²) in [7, 11) is 0. The van der Waals surface area contributed by atoms with Crippen LogP contribution < -0.4 is 10.6 Å². The van der Waals surface area contributed by atoms with E-state index in [1.54, 1.807) is 6.07 Å².